The number of nitrogens with zero attached hydrogens (tertiary/aromatic N) is 3. The van der Waals surface area contributed by atoms with E-state index >= 15 is 4.39 Å². The molecule has 1 aliphatic carbocycles. The Morgan fingerprint density at radius 2 is 1.91 bits per heavy atom. The van der Waals surface area contributed by atoms with Gasteiger partial charge in [-0.2, -0.15) is 3.97 Å². The zero-order chi connectivity index (χ0) is 23.0. The average Bonchev–Trinajstić information content (AvgIpc) is 3.25. The molecule has 5 rings (SSSR count). The number of hydrogen-bond acceptors (Lipinski definition) is 4. The number of fused-ring (bicyclic) bond motifs is 3. The van der Waals surface area contributed by atoms with Gasteiger partial charge in [-0.05, 0) is 63.6 Å². The van der Waals surface area contributed by atoms with E-state index in [1.165, 1.54) is 12.1 Å². The van der Waals surface area contributed by atoms with Crippen LogP contribution < -0.4 is 11.2 Å². The lowest BCUT2D eigenvalue weighted by atomic mass is 10.1. The summed E-state index contributed by atoms with van der Waals surface area (Å²) in [6.45, 7) is 7.42. The molecule has 1 aromatic carbocycles. The minimum Gasteiger partial charge on any atom is -0.310 e. The van der Waals surface area contributed by atoms with E-state index in [0.717, 1.165) is 8.54 Å². The molecular formula is C23H24FN3O4S. The van der Waals surface area contributed by atoms with Gasteiger partial charge in [0.15, 0.2) is 0 Å². The van der Waals surface area contributed by atoms with Crippen LogP contribution in [0.2, 0.25) is 0 Å². The summed E-state index contributed by atoms with van der Waals surface area (Å²) in [5.74, 6) is -0.657. The van der Waals surface area contributed by atoms with Crippen molar-refractivity contribution in [1.29, 1.82) is 0 Å². The minimum atomic E-state index is -4.13. The highest BCUT2D eigenvalue weighted by Gasteiger charge is 2.56. The fraction of sp³-hybridized carbons (Fsp3) is 0.391. The Labute approximate surface area is 184 Å². The molecule has 1 saturated carbocycles. The Morgan fingerprint density at radius 1 is 1.19 bits per heavy atom. The average molecular weight is 458 g/mol. The number of halogens is 1. The smallest absolute Gasteiger partial charge is 0.310 e. The molecule has 0 N–H and O–H groups in total. The maximum Gasteiger partial charge on any atom is 0.347 e. The summed E-state index contributed by atoms with van der Waals surface area (Å²) in [5.41, 5.74) is 0.528. The number of hydrogen-bond donors (Lipinski definition) is 0. The van der Waals surface area contributed by atoms with Gasteiger partial charge in [-0.15, -0.1) is 6.58 Å². The number of aryl methyl sites for hydroxylation is 3. The number of rotatable bonds is 5. The Hall–Kier alpha value is -2.94. The highest BCUT2D eigenvalue weighted by atomic mass is 32.2. The Bertz CT molecular complexity index is 1540. The number of imidazole rings is 1. The van der Waals surface area contributed by atoms with Gasteiger partial charge >= 0.3 is 5.69 Å². The highest BCUT2D eigenvalue weighted by Crippen LogP contribution is 2.48. The maximum atomic E-state index is 15.0. The monoisotopic (exact) mass is 457 g/mol. The zero-order valence-electron chi connectivity index (χ0n) is 18.0. The lowest BCUT2D eigenvalue weighted by Gasteiger charge is -2.16. The summed E-state index contributed by atoms with van der Waals surface area (Å²) >= 11 is 0. The Balaban J connectivity index is 1.99. The van der Waals surface area contributed by atoms with Crippen LogP contribution in [0.3, 0.4) is 0 Å². The van der Waals surface area contributed by atoms with Crippen LogP contribution in [0.5, 0.6) is 0 Å². The Morgan fingerprint density at radius 3 is 2.53 bits per heavy atom. The lowest BCUT2D eigenvalue weighted by molar-refractivity contribution is 0.565. The fourth-order valence-electron chi connectivity index (χ4n) is 4.94. The van der Waals surface area contributed by atoms with Crippen LogP contribution in [-0.2, 0) is 23.0 Å². The Kier molecular flexibility index (Phi) is 4.43. The predicted octanol–water partition coefficient (Wildman–Crippen LogP) is 2.94. The van der Waals surface area contributed by atoms with Gasteiger partial charge in [0.25, 0.3) is 5.56 Å². The van der Waals surface area contributed by atoms with Gasteiger partial charge in [0.05, 0.1) is 16.0 Å². The number of pyridine rings is 1. The van der Waals surface area contributed by atoms with Gasteiger partial charge in [-0.1, -0.05) is 12.1 Å². The molecule has 0 atom stereocenters. The molecule has 1 fully saturated rings. The van der Waals surface area contributed by atoms with Crippen LogP contribution >= 0.6 is 0 Å². The van der Waals surface area contributed by atoms with Crippen molar-refractivity contribution < 1.29 is 12.8 Å². The van der Waals surface area contributed by atoms with Gasteiger partial charge in [0.2, 0.25) is 10.0 Å². The first kappa shape index (κ1) is 20.9. The van der Waals surface area contributed by atoms with Gasteiger partial charge in [-0.3, -0.25) is 9.36 Å². The molecule has 0 amide bonds. The van der Waals surface area contributed by atoms with Crippen LogP contribution in [0.15, 0.2) is 40.4 Å². The second-order valence-electron chi connectivity index (χ2n) is 8.85. The van der Waals surface area contributed by atoms with Crippen LogP contribution in [0, 0.1) is 19.7 Å². The van der Waals surface area contributed by atoms with Gasteiger partial charge < -0.3 is 4.57 Å². The van der Waals surface area contributed by atoms with E-state index in [9.17, 15) is 18.0 Å². The van der Waals surface area contributed by atoms with Gasteiger partial charge in [0, 0.05) is 17.8 Å². The van der Waals surface area contributed by atoms with Gasteiger partial charge in [0.1, 0.15) is 11.3 Å². The van der Waals surface area contributed by atoms with Crippen molar-refractivity contribution in [2.24, 2.45) is 0 Å². The lowest BCUT2D eigenvalue weighted by Crippen LogP contribution is -2.37. The van der Waals surface area contributed by atoms with Crippen LogP contribution in [0.4, 0.5) is 4.39 Å². The van der Waals surface area contributed by atoms with E-state index in [2.05, 4.69) is 6.58 Å². The molecule has 2 aromatic heterocycles. The fourth-order valence-corrected chi connectivity index (χ4v) is 6.99. The van der Waals surface area contributed by atoms with E-state index < -0.39 is 26.3 Å². The van der Waals surface area contributed by atoms with Crippen molar-refractivity contribution in [3.8, 4) is 5.69 Å². The summed E-state index contributed by atoms with van der Waals surface area (Å²) in [5, 5.41) is 0. The van der Waals surface area contributed by atoms with E-state index in [0.29, 0.717) is 43.5 Å². The molecule has 9 heteroatoms. The maximum absolute atomic E-state index is 15.0. The molecular weight excluding hydrogens is 433 g/mol. The largest absolute Gasteiger partial charge is 0.347 e. The van der Waals surface area contributed by atoms with E-state index in [1.54, 1.807) is 30.6 Å². The molecule has 0 unspecified atom stereocenters. The van der Waals surface area contributed by atoms with E-state index in [-0.39, 0.29) is 34.3 Å². The number of benzene rings is 1. The molecule has 0 spiro atoms. The minimum absolute atomic E-state index is 0.0708. The summed E-state index contributed by atoms with van der Waals surface area (Å²) in [6, 6.07) is 4.39. The molecule has 168 valence electrons. The first-order chi connectivity index (χ1) is 15.1. The van der Waals surface area contributed by atoms with Crippen LogP contribution in [-0.4, -0.2) is 26.3 Å². The van der Waals surface area contributed by atoms with E-state index in [4.69, 9.17) is 0 Å². The summed E-state index contributed by atoms with van der Waals surface area (Å²) in [6.07, 6.45) is 3.76. The van der Waals surface area contributed by atoms with E-state index in [1.807, 2.05) is 0 Å². The second-order valence-corrected chi connectivity index (χ2v) is 11.0. The topological polar surface area (TPSA) is 83.1 Å². The van der Waals surface area contributed by atoms with Crippen molar-refractivity contribution >= 4 is 21.1 Å². The molecule has 1 aliphatic heterocycles. The van der Waals surface area contributed by atoms with Crippen LogP contribution in [0.25, 0.3) is 16.7 Å². The number of allylic oxidation sites excluding steroid dienone is 1. The highest BCUT2D eigenvalue weighted by molar-refractivity contribution is 7.91. The predicted molar refractivity (Wildman–Crippen MR) is 121 cm³/mol. The molecule has 2 aliphatic rings. The van der Waals surface area contributed by atoms with Crippen molar-refractivity contribution in [1.82, 2.24) is 13.1 Å². The zero-order valence-corrected chi connectivity index (χ0v) is 18.8. The molecule has 0 saturated heterocycles. The SMILES string of the molecule is C=CCC1(S(=O)(=O)n2c(=O)n(-c3ccc(C)cc3F)c3c(C)c(=O)n4c(c32)CCC4)CC1. The molecule has 32 heavy (non-hydrogen) atoms. The third-order valence-electron chi connectivity index (χ3n) is 6.79. The third-order valence-corrected chi connectivity index (χ3v) is 9.28. The van der Waals surface area contributed by atoms with Crippen molar-refractivity contribution in [3.05, 3.63) is 74.3 Å². The molecule has 7 nitrogen and oxygen atoms in total. The van der Waals surface area contributed by atoms with Crippen molar-refractivity contribution in [3.63, 3.8) is 0 Å². The number of aromatic nitrogens is 3. The first-order valence-corrected chi connectivity index (χ1v) is 12.1. The normalized spacial score (nSPS) is 17.0. The van der Waals surface area contributed by atoms with Crippen molar-refractivity contribution in [2.75, 3.05) is 0 Å². The molecule has 0 bridgehead atoms. The molecule has 0 radical (unpaired) electrons. The molecule has 3 heterocycles. The first-order valence-electron chi connectivity index (χ1n) is 10.7. The van der Waals surface area contributed by atoms with Gasteiger partial charge in [-0.25, -0.2) is 17.6 Å². The third kappa shape index (κ3) is 2.60. The molecule has 3 aromatic rings. The van der Waals surface area contributed by atoms with Crippen LogP contribution in [0.1, 0.15) is 42.5 Å². The summed E-state index contributed by atoms with van der Waals surface area (Å²) < 4.78 is 45.0. The summed E-state index contributed by atoms with van der Waals surface area (Å²) in [4.78, 5) is 26.8. The quantitative estimate of drug-likeness (QED) is 0.552. The standard InChI is InChI=1S/C23H24FN3O4S/c1-4-9-23(10-11-23)32(30,31)27-20-18-6-5-12-25(18)21(28)15(3)19(20)26(22(27)29)17-8-7-14(2)13-16(17)24/h4,7-8,13H,1,5-6,9-12H2,2-3H3. The second kappa shape index (κ2) is 6.78. The van der Waals surface area contributed by atoms with Crippen molar-refractivity contribution in [2.45, 2.75) is 57.2 Å². The summed E-state index contributed by atoms with van der Waals surface area (Å²) in [7, 11) is -4.13.